The first-order valence-electron chi connectivity index (χ1n) is 19.3. The molecule has 11 rings (SSSR count). The molecule has 0 radical (unpaired) electrons. The lowest BCUT2D eigenvalue weighted by atomic mass is 9.48. The summed E-state index contributed by atoms with van der Waals surface area (Å²) in [4.78, 5) is 28.7. The fraction of sp³-hybridized carbons (Fsp3) is 0.545. The van der Waals surface area contributed by atoms with Crippen LogP contribution in [0.4, 0.5) is 13.6 Å². The van der Waals surface area contributed by atoms with E-state index in [9.17, 15) is 23.5 Å². The maximum atomic E-state index is 13.3. The van der Waals surface area contributed by atoms with E-state index in [4.69, 9.17) is 14.2 Å². The molecule has 4 unspecified atom stereocenters. The summed E-state index contributed by atoms with van der Waals surface area (Å²) in [5.41, 5.74) is -1.81. The quantitative estimate of drug-likeness (QED) is 0.174. The van der Waals surface area contributed by atoms with Crippen LogP contribution in [0.15, 0.2) is 106 Å². The van der Waals surface area contributed by atoms with Gasteiger partial charge in [-0.2, -0.15) is 8.78 Å². The molecule has 0 saturated heterocycles. The van der Waals surface area contributed by atoms with Crippen molar-refractivity contribution in [2.24, 2.45) is 34.5 Å². The van der Waals surface area contributed by atoms with E-state index in [0.29, 0.717) is 50.0 Å². The minimum Gasteiger partial charge on any atom is -0.461 e. The molecular formula is C44H51F2O6S+. The van der Waals surface area contributed by atoms with E-state index in [1.54, 1.807) is 0 Å². The van der Waals surface area contributed by atoms with Gasteiger partial charge in [-0.3, -0.25) is 0 Å². The molecule has 8 saturated carbocycles. The van der Waals surface area contributed by atoms with Gasteiger partial charge in [-0.25, -0.2) is 9.59 Å². The molecule has 8 fully saturated rings. The Labute approximate surface area is 314 Å². The maximum Gasteiger partial charge on any atom is 0.508 e. The molecule has 9 heteroatoms. The standard InChI is InChI=1S/C26H36F2O6.C18H15S/c1-22(27,28)20(29)32-14-24-6-18-3-19(7-24)11-26(10-18,13-24)34-21(30)33-15-23-4-16-2-17(5-23)9-25(31,8-16)12-23;1-4-10-16(11-5-1)19(17-12-6-2-7-13-17)18-14-8-3-9-15-18/h16-19,31H,2-15H2,1H3;1-15H/q;+1. The highest BCUT2D eigenvalue weighted by atomic mass is 32.2. The van der Waals surface area contributed by atoms with Gasteiger partial charge in [0.15, 0.2) is 14.7 Å². The van der Waals surface area contributed by atoms with Crippen LogP contribution in [0, 0.1) is 34.5 Å². The molecule has 4 atom stereocenters. The first-order chi connectivity index (χ1) is 25.3. The normalized spacial score (nSPS) is 34.7. The molecule has 3 aromatic carbocycles. The van der Waals surface area contributed by atoms with E-state index in [2.05, 4.69) is 91.0 Å². The number of hydrogen-bond acceptors (Lipinski definition) is 6. The zero-order chi connectivity index (χ0) is 36.9. The van der Waals surface area contributed by atoms with Crippen molar-refractivity contribution in [2.75, 3.05) is 13.2 Å². The molecule has 0 aliphatic heterocycles. The number of alkyl halides is 2. The Morgan fingerprint density at radius 3 is 1.51 bits per heavy atom. The molecule has 6 nitrogen and oxygen atoms in total. The maximum absolute atomic E-state index is 13.3. The molecular weight excluding hydrogens is 695 g/mol. The van der Waals surface area contributed by atoms with Crippen molar-refractivity contribution in [2.45, 2.75) is 116 Å². The van der Waals surface area contributed by atoms with Gasteiger partial charge in [0, 0.05) is 17.8 Å². The van der Waals surface area contributed by atoms with E-state index in [1.165, 1.54) is 21.1 Å². The van der Waals surface area contributed by atoms with Gasteiger partial charge in [-0.05, 0) is 137 Å². The Morgan fingerprint density at radius 2 is 1.08 bits per heavy atom. The van der Waals surface area contributed by atoms with Crippen LogP contribution in [0.1, 0.15) is 84.0 Å². The van der Waals surface area contributed by atoms with Crippen LogP contribution in [0.2, 0.25) is 0 Å². The van der Waals surface area contributed by atoms with Gasteiger partial charge in [-0.15, -0.1) is 0 Å². The molecule has 0 spiro atoms. The van der Waals surface area contributed by atoms with E-state index in [0.717, 1.165) is 57.8 Å². The molecule has 8 bridgehead atoms. The van der Waals surface area contributed by atoms with Crippen LogP contribution in [-0.2, 0) is 29.9 Å². The van der Waals surface area contributed by atoms with Crippen LogP contribution in [0.3, 0.4) is 0 Å². The van der Waals surface area contributed by atoms with Crippen LogP contribution in [0.5, 0.6) is 0 Å². The third-order valence-corrected chi connectivity index (χ3v) is 15.1. The van der Waals surface area contributed by atoms with E-state index >= 15 is 0 Å². The molecule has 8 aliphatic carbocycles. The smallest absolute Gasteiger partial charge is 0.461 e. The van der Waals surface area contributed by atoms with Gasteiger partial charge < -0.3 is 19.3 Å². The number of aliphatic hydroxyl groups is 1. The van der Waals surface area contributed by atoms with E-state index in [-0.39, 0.29) is 22.9 Å². The van der Waals surface area contributed by atoms with Gasteiger partial charge in [0.25, 0.3) is 0 Å². The highest BCUT2D eigenvalue weighted by molar-refractivity contribution is 7.97. The predicted octanol–water partition coefficient (Wildman–Crippen LogP) is 9.79. The van der Waals surface area contributed by atoms with Crippen LogP contribution >= 0.6 is 0 Å². The van der Waals surface area contributed by atoms with Crippen molar-refractivity contribution in [1.82, 2.24) is 0 Å². The number of carbonyl (C=O) groups is 2. The summed E-state index contributed by atoms with van der Waals surface area (Å²) >= 11 is 0. The van der Waals surface area contributed by atoms with Crippen molar-refractivity contribution in [3.05, 3.63) is 91.0 Å². The van der Waals surface area contributed by atoms with Crippen LogP contribution < -0.4 is 0 Å². The topological polar surface area (TPSA) is 82.1 Å². The summed E-state index contributed by atoms with van der Waals surface area (Å²) in [5.74, 6) is -3.28. The van der Waals surface area contributed by atoms with E-state index in [1.807, 2.05) is 0 Å². The first kappa shape index (κ1) is 36.5. The summed E-state index contributed by atoms with van der Waals surface area (Å²) in [7, 11) is -0.0146. The number of esters is 1. The zero-order valence-corrected chi connectivity index (χ0v) is 31.3. The second kappa shape index (κ2) is 14.0. The number of carbonyl (C=O) groups excluding carboxylic acids is 2. The average molecular weight is 746 g/mol. The third-order valence-electron chi connectivity index (χ3n) is 12.9. The minimum absolute atomic E-state index is 0.0146. The molecule has 0 amide bonds. The number of rotatable bonds is 9. The molecule has 8 aliphatic rings. The summed E-state index contributed by atoms with van der Waals surface area (Å²) < 4.78 is 43.5. The Hall–Kier alpha value is -3.43. The van der Waals surface area contributed by atoms with Crippen molar-refractivity contribution < 1.29 is 37.7 Å². The lowest BCUT2D eigenvalue weighted by Gasteiger charge is -2.61. The fourth-order valence-electron chi connectivity index (χ4n) is 12.1. The van der Waals surface area contributed by atoms with Crippen molar-refractivity contribution in [1.29, 1.82) is 0 Å². The monoisotopic (exact) mass is 745 g/mol. The van der Waals surface area contributed by atoms with Crippen molar-refractivity contribution in [3.8, 4) is 0 Å². The Morgan fingerprint density at radius 1 is 0.660 bits per heavy atom. The second-order valence-electron chi connectivity index (χ2n) is 17.7. The Kier molecular flexibility index (Phi) is 9.66. The van der Waals surface area contributed by atoms with Crippen molar-refractivity contribution >= 4 is 23.0 Å². The van der Waals surface area contributed by atoms with Crippen LogP contribution in [0.25, 0.3) is 0 Å². The molecule has 53 heavy (non-hydrogen) atoms. The highest BCUT2D eigenvalue weighted by Crippen LogP contribution is 2.64. The largest absolute Gasteiger partial charge is 0.508 e. The van der Waals surface area contributed by atoms with Crippen LogP contribution in [-0.4, -0.2) is 47.6 Å². The fourth-order valence-corrected chi connectivity index (χ4v) is 14.2. The third kappa shape index (κ3) is 7.89. The number of ether oxygens (including phenoxy) is 3. The lowest BCUT2D eigenvalue weighted by Crippen LogP contribution is -2.59. The summed E-state index contributed by atoms with van der Waals surface area (Å²) in [6.45, 7) is 0.795. The first-order valence-corrected chi connectivity index (χ1v) is 20.6. The molecule has 3 aromatic rings. The molecule has 1 N–H and O–H groups in total. The summed E-state index contributed by atoms with van der Waals surface area (Å²) in [6, 6.07) is 32.2. The number of hydrogen-bond donors (Lipinski definition) is 1. The minimum atomic E-state index is -3.51. The van der Waals surface area contributed by atoms with Gasteiger partial charge in [-0.1, -0.05) is 54.6 Å². The molecule has 282 valence electrons. The number of benzene rings is 3. The highest BCUT2D eigenvalue weighted by Gasteiger charge is 2.61. The summed E-state index contributed by atoms with van der Waals surface area (Å²) in [5, 5.41) is 11.0. The zero-order valence-electron chi connectivity index (χ0n) is 30.5. The Bertz CT molecular complexity index is 1640. The number of halogens is 2. The van der Waals surface area contributed by atoms with Gasteiger partial charge >= 0.3 is 18.0 Å². The van der Waals surface area contributed by atoms with Crippen molar-refractivity contribution in [3.63, 3.8) is 0 Å². The average Bonchev–Trinajstić information content (AvgIpc) is 3.09. The lowest BCUT2D eigenvalue weighted by molar-refractivity contribution is -0.206. The predicted molar refractivity (Wildman–Crippen MR) is 197 cm³/mol. The van der Waals surface area contributed by atoms with Gasteiger partial charge in [0.05, 0.1) is 23.1 Å². The Balaban J connectivity index is 0.000000178. The molecule has 0 aromatic heterocycles. The summed E-state index contributed by atoms with van der Waals surface area (Å²) in [6.07, 6.45) is 9.70. The molecule has 0 heterocycles. The SMILES string of the molecule is CC(F)(F)C(=O)OCC12CC3CC(C1)CC(OC(=O)OCC14CC5CC(CC(O)(C5)C1)C4)(C3)C2.c1ccc([S+](c2ccccc2)c2ccccc2)cc1. The van der Waals surface area contributed by atoms with Gasteiger partial charge in [0.2, 0.25) is 0 Å². The van der Waals surface area contributed by atoms with E-state index < -0.39 is 34.7 Å². The van der Waals surface area contributed by atoms with Gasteiger partial charge in [0.1, 0.15) is 12.2 Å². The second-order valence-corrected chi connectivity index (χ2v) is 19.7.